The fourth-order valence-electron chi connectivity index (χ4n) is 5.67. The third-order valence-corrected chi connectivity index (χ3v) is 7.59. The minimum atomic E-state index is -0.877. The summed E-state index contributed by atoms with van der Waals surface area (Å²) in [4.78, 5) is 41.4. The van der Waals surface area contributed by atoms with Crippen molar-refractivity contribution in [2.75, 3.05) is 20.2 Å². The van der Waals surface area contributed by atoms with E-state index in [1.807, 2.05) is 18.2 Å². The molecule has 2 aromatic carbocycles. The van der Waals surface area contributed by atoms with E-state index in [1.165, 1.54) is 0 Å². The number of nitro benzene ring substituents is 2. The highest BCUT2D eigenvalue weighted by molar-refractivity contribution is 5.92. The Morgan fingerprint density at radius 2 is 1.89 bits per heavy atom. The van der Waals surface area contributed by atoms with Gasteiger partial charge >= 0.3 is 5.97 Å². The zero-order valence-corrected chi connectivity index (χ0v) is 20.7. The minimum absolute atomic E-state index is 0.167. The molecule has 2 bridgehead atoms. The summed E-state index contributed by atoms with van der Waals surface area (Å²) in [7, 11) is 1.56. The van der Waals surface area contributed by atoms with Crippen LogP contribution in [0.15, 0.2) is 61.3 Å². The first kappa shape index (κ1) is 25.3. The van der Waals surface area contributed by atoms with Gasteiger partial charge in [-0.3, -0.25) is 30.1 Å². The Morgan fingerprint density at radius 1 is 1.16 bits per heavy atom. The van der Waals surface area contributed by atoms with E-state index in [9.17, 15) is 25.0 Å². The molecular formula is C27H26N4O7. The van der Waals surface area contributed by atoms with Gasteiger partial charge in [0.1, 0.15) is 11.9 Å². The number of aromatic nitrogens is 1. The number of carbonyl (C=O) groups is 1. The lowest BCUT2D eigenvalue weighted by Crippen LogP contribution is -2.55. The monoisotopic (exact) mass is 518 g/mol. The predicted octanol–water partition coefficient (Wildman–Crippen LogP) is 4.85. The molecule has 196 valence electrons. The Bertz CT molecular complexity index is 1410. The lowest BCUT2D eigenvalue weighted by molar-refractivity contribution is -0.394. The van der Waals surface area contributed by atoms with Gasteiger partial charge in [0.05, 0.1) is 40.1 Å². The molecule has 3 aromatic rings. The number of hydrogen-bond acceptors (Lipinski definition) is 9. The number of esters is 1. The van der Waals surface area contributed by atoms with Crippen molar-refractivity contribution in [3.8, 4) is 5.75 Å². The summed E-state index contributed by atoms with van der Waals surface area (Å²) >= 11 is 0. The van der Waals surface area contributed by atoms with Crippen molar-refractivity contribution in [3.63, 3.8) is 0 Å². The third kappa shape index (κ3) is 4.68. The highest BCUT2D eigenvalue weighted by Crippen LogP contribution is 2.44. The maximum atomic E-state index is 13.5. The summed E-state index contributed by atoms with van der Waals surface area (Å²) in [5, 5.41) is 23.5. The molecule has 0 spiro atoms. The number of nitro groups is 2. The molecule has 11 heteroatoms. The smallest absolute Gasteiger partial charge is 0.339 e. The third-order valence-electron chi connectivity index (χ3n) is 7.59. The van der Waals surface area contributed by atoms with Gasteiger partial charge in [-0.25, -0.2) is 4.79 Å². The number of hydrogen-bond donors (Lipinski definition) is 0. The van der Waals surface area contributed by atoms with Gasteiger partial charge in [-0.15, -0.1) is 6.58 Å². The second kappa shape index (κ2) is 10.2. The molecule has 1 aromatic heterocycles. The Labute approximate surface area is 218 Å². The molecule has 0 aliphatic carbocycles. The molecule has 6 rings (SSSR count). The zero-order chi connectivity index (χ0) is 27.0. The van der Waals surface area contributed by atoms with Crippen LogP contribution in [0.2, 0.25) is 0 Å². The molecule has 4 unspecified atom stereocenters. The molecule has 3 saturated heterocycles. The van der Waals surface area contributed by atoms with Gasteiger partial charge in [-0.1, -0.05) is 6.08 Å². The summed E-state index contributed by atoms with van der Waals surface area (Å²) in [6.07, 6.45) is 4.63. The van der Waals surface area contributed by atoms with Crippen LogP contribution in [-0.4, -0.2) is 51.9 Å². The molecule has 0 radical (unpaired) electrons. The van der Waals surface area contributed by atoms with Crippen molar-refractivity contribution in [1.82, 2.24) is 9.88 Å². The van der Waals surface area contributed by atoms with E-state index >= 15 is 0 Å². The number of piperidine rings is 3. The average molecular weight is 519 g/mol. The van der Waals surface area contributed by atoms with Crippen LogP contribution >= 0.6 is 0 Å². The van der Waals surface area contributed by atoms with Crippen molar-refractivity contribution in [1.29, 1.82) is 0 Å². The summed E-state index contributed by atoms with van der Waals surface area (Å²) in [6.45, 7) is 5.59. The molecule has 0 amide bonds. The number of nitrogens with zero attached hydrogens (tertiary/aromatic N) is 4. The van der Waals surface area contributed by atoms with E-state index in [0.717, 1.165) is 55.1 Å². The highest BCUT2D eigenvalue weighted by atomic mass is 16.6. The number of carbonyl (C=O) groups excluding carboxylic acids is 1. The summed E-state index contributed by atoms with van der Waals surface area (Å²) in [5.41, 5.74) is 0.0316. The number of benzene rings is 2. The normalized spacial score (nSPS) is 23.0. The average Bonchev–Trinajstić information content (AvgIpc) is 2.95. The second-order valence-corrected chi connectivity index (χ2v) is 9.61. The fourth-order valence-corrected chi connectivity index (χ4v) is 5.67. The number of non-ortho nitro benzene ring substituents is 2. The van der Waals surface area contributed by atoms with E-state index in [-0.39, 0.29) is 11.6 Å². The topological polar surface area (TPSA) is 138 Å². The molecular weight excluding hydrogens is 492 g/mol. The molecule has 3 aliphatic rings. The minimum Gasteiger partial charge on any atom is -0.497 e. The van der Waals surface area contributed by atoms with E-state index < -0.39 is 33.3 Å². The number of methoxy groups -OCH3 is 1. The van der Waals surface area contributed by atoms with E-state index in [0.29, 0.717) is 23.1 Å². The van der Waals surface area contributed by atoms with Crippen molar-refractivity contribution in [2.24, 2.45) is 11.8 Å². The number of ether oxygens (including phenoxy) is 2. The zero-order valence-electron chi connectivity index (χ0n) is 20.7. The van der Waals surface area contributed by atoms with E-state index in [1.54, 1.807) is 25.4 Å². The van der Waals surface area contributed by atoms with Crippen LogP contribution in [0.4, 0.5) is 11.4 Å². The van der Waals surface area contributed by atoms with Gasteiger partial charge in [-0.2, -0.15) is 0 Å². The van der Waals surface area contributed by atoms with Crippen molar-refractivity contribution < 1.29 is 24.1 Å². The molecule has 3 aliphatic heterocycles. The van der Waals surface area contributed by atoms with Gasteiger partial charge in [0.15, 0.2) is 0 Å². The maximum absolute atomic E-state index is 13.5. The molecule has 11 nitrogen and oxygen atoms in total. The van der Waals surface area contributed by atoms with Crippen LogP contribution in [0, 0.1) is 32.1 Å². The van der Waals surface area contributed by atoms with Crippen LogP contribution in [0.3, 0.4) is 0 Å². The van der Waals surface area contributed by atoms with Crippen LogP contribution in [0.25, 0.3) is 10.9 Å². The SMILES string of the molecule is C=CC1CN2CCC1CC2[C@@H](OC(=O)c1cc([N+](=O)[O-])cc([N+](=O)[O-])c1)c1ccnc2ccc(OC)cc12. The Hall–Kier alpha value is -4.38. The van der Waals surface area contributed by atoms with Crippen LogP contribution in [0.5, 0.6) is 5.75 Å². The maximum Gasteiger partial charge on any atom is 0.339 e. The van der Waals surface area contributed by atoms with Gasteiger partial charge in [-0.05, 0) is 55.5 Å². The Morgan fingerprint density at radius 3 is 2.50 bits per heavy atom. The summed E-state index contributed by atoms with van der Waals surface area (Å²) in [6, 6.07) is 9.90. The molecule has 0 N–H and O–H groups in total. The first-order chi connectivity index (χ1) is 18.3. The molecule has 38 heavy (non-hydrogen) atoms. The van der Waals surface area contributed by atoms with E-state index in [4.69, 9.17) is 9.47 Å². The van der Waals surface area contributed by atoms with Gasteiger partial charge in [0.2, 0.25) is 0 Å². The summed E-state index contributed by atoms with van der Waals surface area (Å²) in [5.74, 6) is 0.455. The number of pyridine rings is 1. The number of fused-ring (bicyclic) bond motifs is 4. The molecule has 4 heterocycles. The molecule has 5 atom stereocenters. The van der Waals surface area contributed by atoms with Crippen molar-refractivity contribution >= 4 is 28.2 Å². The van der Waals surface area contributed by atoms with Gasteiger partial charge in [0.25, 0.3) is 11.4 Å². The standard InChI is InChI=1S/C27H26N4O7/c1-3-16-15-29-9-7-17(16)12-25(29)26(22-6-8-28-24-5-4-21(37-2)14-23(22)24)38-27(32)18-10-19(30(33)34)13-20(11-18)31(35)36/h3-6,8,10-11,13-14,16-17,25-26H,1,7,9,12,15H2,2H3/t16?,17?,25?,26-/m0/s1. The molecule has 3 fully saturated rings. The van der Waals surface area contributed by atoms with Gasteiger partial charge < -0.3 is 9.47 Å². The first-order valence-corrected chi connectivity index (χ1v) is 12.2. The van der Waals surface area contributed by atoms with Gasteiger partial charge in [0, 0.05) is 35.8 Å². The lowest BCUT2D eigenvalue weighted by atomic mass is 9.73. The Kier molecular flexibility index (Phi) is 6.77. The molecule has 0 saturated carbocycles. The van der Waals surface area contributed by atoms with Crippen molar-refractivity contribution in [3.05, 3.63) is 92.7 Å². The second-order valence-electron chi connectivity index (χ2n) is 9.61. The highest BCUT2D eigenvalue weighted by Gasteiger charge is 2.44. The van der Waals surface area contributed by atoms with Crippen LogP contribution in [-0.2, 0) is 4.74 Å². The Balaban J connectivity index is 1.59. The van der Waals surface area contributed by atoms with Crippen LogP contribution < -0.4 is 4.74 Å². The number of rotatable bonds is 8. The lowest BCUT2D eigenvalue weighted by Gasteiger charge is -2.51. The first-order valence-electron chi connectivity index (χ1n) is 12.2. The van der Waals surface area contributed by atoms with Crippen molar-refractivity contribution in [2.45, 2.75) is 25.0 Å². The summed E-state index contributed by atoms with van der Waals surface area (Å²) < 4.78 is 11.5. The largest absolute Gasteiger partial charge is 0.497 e. The van der Waals surface area contributed by atoms with Crippen LogP contribution in [0.1, 0.15) is 34.9 Å². The fraction of sp³-hybridized carbons (Fsp3) is 0.333. The predicted molar refractivity (Wildman–Crippen MR) is 138 cm³/mol. The van der Waals surface area contributed by atoms with E-state index in [2.05, 4.69) is 16.5 Å². The quantitative estimate of drug-likeness (QED) is 0.177.